The predicted molar refractivity (Wildman–Crippen MR) is 95.5 cm³/mol. The van der Waals surface area contributed by atoms with E-state index in [1.165, 1.54) is 11.3 Å². The standard InChI is InChI=1S/C15H18ClN5OS/c1-3-9(6-7-17-2)11-8-18-14(22-11)21-15-19-10-4-5-12(16)20-13(10)23-15/h3-5,9,11,17H,1,6-8H2,2H3,(H,18,19,21). The molecule has 122 valence electrons. The maximum atomic E-state index is 5.90. The number of hydrogen-bond acceptors (Lipinski definition) is 7. The number of amidine groups is 1. The third kappa shape index (κ3) is 3.80. The Kier molecular flexibility index (Phi) is 5.09. The van der Waals surface area contributed by atoms with Crippen LogP contribution in [0.5, 0.6) is 0 Å². The number of aliphatic imine (C=N–C) groups is 1. The summed E-state index contributed by atoms with van der Waals surface area (Å²) in [7, 11) is 1.94. The van der Waals surface area contributed by atoms with Crippen molar-refractivity contribution in [2.45, 2.75) is 12.5 Å². The van der Waals surface area contributed by atoms with Crippen LogP contribution < -0.4 is 10.6 Å². The number of fused-ring (bicyclic) bond motifs is 1. The lowest BCUT2D eigenvalue weighted by Gasteiger charge is -2.19. The molecule has 0 saturated carbocycles. The second-order valence-electron chi connectivity index (χ2n) is 5.20. The smallest absolute Gasteiger partial charge is 0.291 e. The molecule has 2 aromatic heterocycles. The monoisotopic (exact) mass is 351 g/mol. The molecule has 0 spiro atoms. The lowest BCUT2D eigenvalue weighted by molar-refractivity contribution is 0.170. The van der Waals surface area contributed by atoms with Crippen molar-refractivity contribution in [1.82, 2.24) is 15.3 Å². The van der Waals surface area contributed by atoms with Gasteiger partial charge in [-0.3, -0.25) is 5.32 Å². The second kappa shape index (κ2) is 7.25. The van der Waals surface area contributed by atoms with Gasteiger partial charge in [-0.2, -0.15) is 0 Å². The summed E-state index contributed by atoms with van der Waals surface area (Å²) >= 11 is 7.31. The van der Waals surface area contributed by atoms with Crippen molar-refractivity contribution in [2.24, 2.45) is 10.9 Å². The van der Waals surface area contributed by atoms with Crippen LogP contribution in [0.2, 0.25) is 5.15 Å². The molecule has 0 amide bonds. The van der Waals surface area contributed by atoms with E-state index in [0.29, 0.717) is 22.9 Å². The zero-order valence-corrected chi connectivity index (χ0v) is 14.3. The first-order valence-electron chi connectivity index (χ1n) is 7.38. The Hall–Kier alpha value is -1.70. The average Bonchev–Trinajstić information content (AvgIpc) is 3.14. The van der Waals surface area contributed by atoms with E-state index in [2.05, 4.69) is 32.2 Å². The number of ether oxygens (including phenoxy) is 1. The van der Waals surface area contributed by atoms with Crippen molar-refractivity contribution < 1.29 is 4.74 Å². The van der Waals surface area contributed by atoms with Crippen LogP contribution in [0, 0.1) is 5.92 Å². The van der Waals surface area contributed by atoms with E-state index in [1.54, 1.807) is 6.07 Å². The van der Waals surface area contributed by atoms with E-state index in [-0.39, 0.29) is 12.0 Å². The third-order valence-electron chi connectivity index (χ3n) is 3.62. The summed E-state index contributed by atoms with van der Waals surface area (Å²) in [5, 5.41) is 7.41. The summed E-state index contributed by atoms with van der Waals surface area (Å²) in [6.45, 7) is 5.44. The van der Waals surface area contributed by atoms with Crippen LogP contribution in [-0.4, -0.2) is 42.2 Å². The minimum Gasteiger partial charge on any atom is -0.459 e. The first-order chi connectivity index (χ1) is 11.2. The molecule has 2 N–H and O–H groups in total. The van der Waals surface area contributed by atoms with Gasteiger partial charge in [0.2, 0.25) is 0 Å². The van der Waals surface area contributed by atoms with Gasteiger partial charge in [0.25, 0.3) is 6.02 Å². The molecule has 2 aromatic rings. The number of rotatable bonds is 6. The van der Waals surface area contributed by atoms with E-state index in [1.807, 2.05) is 19.2 Å². The number of hydrogen-bond donors (Lipinski definition) is 2. The lowest BCUT2D eigenvalue weighted by Crippen LogP contribution is -2.27. The number of nitrogens with zero attached hydrogens (tertiary/aromatic N) is 3. The molecule has 2 atom stereocenters. The van der Waals surface area contributed by atoms with Crippen molar-refractivity contribution in [1.29, 1.82) is 0 Å². The van der Waals surface area contributed by atoms with E-state index < -0.39 is 0 Å². The highest BCUT2D eigenvalue weighted by atomic mass is 35.5. The molecule has 3 rings (SSSR count). The summed E-state index contributed by atoms with van der Waals surface area (Å²) in [5.41, 5.74) is 0.801. The Morgan fingerprint density at radius 1 is 1.52 bits per heavy atom. The maximum absolute atomic E-state index is 5.90. The van der Waals surface area contributed by atoms with Gasteiger partial charge >= 0.3 is 0 Å². The van der Waals surface area contributed by atoms with Gasteiger partial charge in [0, 0.05) is 5.92 Å². The molecule has 0 bridgehead atoms. The van der Waals surface area contributed by atoms with Gasteiger partial charge in [0.15, 0.2) is 5.13 Å². The highest BCUT2D eigenvalue weighted by molar-refractivity contribution is 7.22. The minimum atomic E-state index is 0.0188. The number of anilines is 1. The fourth-order valence-corrected chi connectivity index (χ4v) is 3.41. The minimum absolute atomic E-state index is 0.0188. The van der Waals surface area contributed by atoms with Crippen LogP contribution in [0.1, 0.15) is 6.42 Å². The van der Waals surface area contributed by atoms with Crippen molar-refractivity contribution in [3.8, 4) is 0 Å². The van der Waals surface area contributed by atoms with Gasteiger partial charge in [-0.1, -0.05) is 29.0 Å². The molecular formula is C15H18ClN5OS. The fourth-order valence-electron chi connectivity index (χ4n) is 2.39. The topological polar surface area (TPSA) is 71.4 Å². The largest absolute Gasteiger partial charge is 0.459 e. The van der Waals surface area contributed by atoms with Crippen molar-refractivity contribution in [3.05, 3.63) is 29.9 Å². The van der Waals surface area contributed by atoms with Crippen LogP contribution in [-0.2, 0) is 4.74 Å². The zero-order valence-electron chi connectivity index (χ0n) is 12.8. The van der Waals surface area contributed by atoms with E-state index in [0.717, 1.165) is 23.3 Å². The molecule has 6 nitrogen and oxygen atoms in total. The predicted octanol–water partition coefficient (Wildman–Crippen LogP) is 2.92. The maximum Gasteiger partial charge on any atom is 0.291 e. The lowest BCUT2D eigenvalue weighted by atomic mass is 9.99. The van der Waals surface area contributed by atoms with Gasteiger partial charge < -0.3 is 10.1 Å². The van der Waals surface area contributed by atoms with Crippen LogP contribution >= 0.6 is 22.9 Å². The molecule has 0 aliphatic carbocycles. The Bertz CT molecular complexity index is 732. The van der Waals surface area contributed by atoms with Crippen molar-refractivity contribution >= 4 is 44.4 Å². The molecule has 0 saturated heterocycles. The van der Waals surface area contributed by atoms with Crippen LogP contribution in [0.3, 0.4) is 0 Å². The van der Waals surface area contributed by atoms with Crippen molar-refractivity contribution in [3.63, 3.8) is 0 Å². The van der Waals surface area contributed by atoms with E-state index in [4.69, 9.17) is 16.3 Å². The molecule has 8 heteroatoms. The van der Waals surface area contributed by atoms with Gasteiger partial charge in [-0.25, -0.2) is 15.0 Å². The number of pyridine rings is 1. The molecule has 1 aliphatic rings. The van der Waals surface area contributed by atoms with E-state index in [9.17, 15) is 0 Å². The normalized spacial score (nSPS) is 18.5. The third-order valence-corrected chi connectivity index (χ3v) is 4.71. The van der Waals surface area contributed by atoms with Crippen molar-refractivity contribution in [2.75, 3.05) is 25.5 Å². The molecule has 2 unspecified atom stereocenters. The molecule has 23 heavy (non-hydrogen) atoms. The van der Waals surface area contributed by atoms with Gasteiger partial charge in [0.1, 0.15) is 21.6 Å². The Morgan fingerprint density at radius 2 is 2.39 bits per heavy atom. The Morgan fingerprint density at radius 3 is 3.17 bits per heavy atom. The Labute approximate surface area is 143 Å². The average molecular weight is 352 g/mol. The summed E-state index contributed by atoms with van der Waals surface area (Å²) in [4.78, 5) is 13.9. The second-order valence-corrected chi connectivity index (χ2v) is 6.56. The first-order valence-corrected chi connectivity index (χ1v) is 8.57. The molecule has 3 heterocycles. The van der Waals surface area contributed by atoms with Crippen LogP contribution in [0.15, 0.2) is 29.8 Å². The summed E-state index contributed by atoms with van der Waals surface area (Å²) in [6.07, 6.45) is 2.92. The molecule has 0 radical (unpaired) electrons. The number of halogens is 1. The summed E-state index contributed by atoms with van der Waals surface area (Å²) in [5.74, 6) is 0.265. The number of aromatic nitrogens is 2. The molecular weight excluding hydrogens is 334 g/mol. The molecule has 0 fully saturated rings. The zero-order chi connectivity index (χ0) is 16.2. The highest BCUT2D eigenvalue weighted by Gasteiger charge is 2.27. The summed E-state index contributed by atoms with van der Waals surface area (Å²) in [6, 6.07) is 4.07. The van der Waals surface area contributed by atoms with E-state index >= 15 is 0 Å². The van der Waals surface area contributed by atoms with Gasteiger partial charge in [0.05, 0.1) is 6.54 Å². The van der Waals surface area contributed by atoms with Gasteiger partial charge in [-0.15, -0.1) is 6.58 Å². The molecule has 1 aliphatic heterocycles. The fraction of sp³-hybridized carbons (Fsp3) is 0.400. The quantitative estimate of drug-likeness (QED) is 0.618. The van der Waals surface area contributed by atoms with Crippen LogP contribution in [0.4, 0.5) is 5.13 Å². The first kappa shape index (κ1) is 16.2. The van der Waals surface area contributed by atoms with Gasteiger partial charge in [-0.05, 0) is 32.1 Å². The SMILES string of the molecule is C=CC(CCNC)C1CN=C(Nc2nc3ccc(Cl)nc3s2)O1. The summed E-state index contributed by atoms with van der Waals surface area (Å²) < 4.78 is 5.90. The van der Waals surface area contributed by atoms with Crippen LogP contribution in [0.25, 0.3) is 10.3 Å². The molecule has 0 aromatic carbocycles. The number of thiazole rings is 1. The highest BCUT2D eigenvalue weighted by Crippen LogP contribution is 2.27. The number of nitrogens with one attached hydrogen (secondary N) is 2. The Balaban J connectivity index is 1.63.